The number of pyridine rings is 5. The third-order valence-electron chi connectivity index (χ3n) is 25.5. The maximum absolute atomic E-state index is 6.08. The molecule has 30 heteroatoms. The van der Waals surface area contributed by atoms with E-state index >= 15 is 0 Å². The number of rotatable bonds is 60. The van der Waals surface area contributed by atoms with E-state index in [2.05, 4.69) is 183 Å². The molecule has 0 fully saturated rings. The van der Waals surface area contributed by atoms with E-state index in [1.165, 1.54) is 77.0 Å². The zero-order valence-corrected chi connectivity index (χ0v) is 94.0. The number of anilines is 10. The molecule has 0 spiro atoms. The lowest BCUT2D eigenvalue weighted by Gasteiger charge is -2.10. The topological polar surface area (TPSA) is 314 Å². The number of aromatic nitrogens is 15. The van der Waals surface area contributed by atoms with E-state index in [0.717, 1.165) is 383 Å². The van der Waals surface area contributed by atoms with Crippen LogP contribution >= 0.6 is 58.0 Å². The largest absolute Gasteiger partial charge is 0.384 e. The summed E-state index contributed by atoms with van der Waals surface area (Å²) in [7, 11) is 0. The van der Waals surface area contributed by atoms with Crippen LogP contribution in [-0.2, 0) is 32.1 Å². The third kappa shape index (κ3) is 43.8. The lowest BCUT2D eigenvalue weighted by molar-refractivity contribution is 0.643. The van der Waals surface area contributed by atoms with Gasteiger partial charge in [0.1, 0.15) is 0 Å². The molecule has 10 N–H and O–H groups in total. The van der Waals surface area contributed by atoms with Crippen LogP contribution in [0.25, 0.3) is 54.5 Å². The van der Waals surface area contributed by atoms with E-state index in [4.69, 9.17) is 68.0 Å². The molecule has 10 heterocycles. The molecule has 0 saturated carbocycles. The maximum atomic E-state index is 6.08. The minimum Gasteiger partial charge on any atom is -0.384 e. The molecule has 5 aromatic carbocycles. The highest BCUT2D eigenvalue weighted by molar-refractivity contribution is 6.33. The monoisotopic (exact) mass is 2130 g/mol. The zero-order chi connectivity index (χ0) is 106. The molecule has 0 bridgehead atoms. The van der Waals surface area contributed by atoms with Crippen LogP contribution < -0.4 is 53.2 Å². The molecule has 0 atom stereocenters. The van der Waals surface area contributed by atoms with Crippen LogP contribution in [0.3, 0.4) is 0 Å². The first-order valence-corrected chi connectivity index (χ1v) is 57.0. The van der Waals surface area contributed by atoms with Crippen molar-refractivity contribution in [2.24, 2.45) is 0 Å². The first kappa shape index (κ1) is 118. The van der Waals surface area contributed by atoms with E-state index in [0.29, 0.717) is 25.1 Å². The highest BCUT2D eigenvalue weighted by Crippen LogP contribution is 2.32. The Balaban J connectivity index is 0.000000178. The van der Waals surface area contributed by atoms with Crippen molar-refractivity contribution in [3.05, 3.63) is 265 Å². The van der Waals surface area contributed by atoms with E-state index < -0.39 is 0 Å². The predicted octanol–water partition coefficient (Wildman–Crippen LogP) is 32.1. The molecule has 0 aliphatic rings. The smallest absolute Gasteiger partial charge is 0.223 e. The van der Waals surface area contributed by atoms with Gasteiger partial charge in [-0.05, 0) is 315 Å². The molecule has 0 aliphatic heterocycles. The first-order chi connectivity index (χ1) is 73.3. The molecule has 0 saturated heterocycles. The van der Waals surface area contributed by atoms with Crippen molar-refractivity contribution in [1.29, 1.82) is 0 Å². The summed E-state index contributed by atoms with van der Waals surface area (Å²) in [4.78, 5) is 67.9. The van der Waals surface area contributed by atoms with Gasteiger partial charge in [-0.1, -0.05) is 189 Å². The molecule has 25 nitrogen and oxygen atoms in total. The van der Waals surface area contributed by atoms with Crippen molar-refractivity contribution >= 4 is 171 Å². The van der Waals surface area contributed by atoms with Crippen LogP contribution in [0.1, 0.15) is 284 Å². The molecule has 800 valence electrons. The minimum atomic E-state index is 0.713. The zero-order valence-electron chi connectivity index (χ0n) is 90.2. The number of nitrogens with one attached hydrogen (secondary N) is 10. The van der Waals surface area contributed by atoms with E-state index in [-0.39, 0.29) is 0 Å². The van der Waals surface area contributed by atoms with Crippen molar-refractivity contribution < 1.29 is 0 Å². The van der Waals surface area contributed by atoms with Crippen LogP contribution in [0.15, 0.2) is 183 Å². The van der Waals surface area contributed by atoms with Gasteiger partial charge in [-0.15, -0.1) is 0 Å². The normalized spacial score (nSPS) is 11.0. The summed E-state index contributed by atoms with van der Waals surface area (Å²) in [5, 5.41) is 43.6. The van der Waals surface area contributed by atoms with Gasteiger partial charge in [0, 0.05) is 234 Å². The van der Waals surface area contributed by atoms with E-state index in [9.17, 15) is 0 Å². The Kier molecular flexibility index (Phi) is 53.6. The third-order valence-corrected chi connectivity index (χ3v) is 26.6. The molecule has 15 rings (SSSR count). The number of benzene rings is 5. The summed E-state index contributed by atoms with van der Waals surface area (Å²) >= 11 is 30.3. The lowest BCUT2D eigenvalue weighted by Crippen LogP contribution is -2.08. The number of fused-ring (bicyclic) bond motifs is 5. The fraction of sp³-hybridized carbons (Fsp3) is 0.458. The predicted molar refractivity (Wildman–Crippen MR) is 638 cm³/mol. The second-order valence-corrected chi connectivity index (χ2v) is 40.8. The summed E-state index contributed by atoms with van der Waals surface area (Å²) in [6.45, 7) is 30.6. The molecule has 150 heavy (non-hydrogen) atoms. The molecule has 15 aromatic rings. The number of hydrogen-bond donors (Lipinski definition) is 10. The Morgan fingerprint density at radius 2 is 0.367 bits per heavy atom. The van der Waals surface area contributed by atoms with Gasteiger partial charge in [-0.2, -0.15) is 0 Å². The van der Waals surface area contributed by atoms with Gasteiger partial charge >= 0.3 is 0 Å². The van der Waals surface area contributed by atoms with Gasteiger partial charge in [-0.3, -0.25) is 24.9 Å². The van der Waals surface area contributed by atoms with E-state index in [1.807, 2.05) is 187 Å². The fourth-order valence-electron chi connectivity index (χ4n) is 17.6. The molecule has 10 aromatic heterocycles. The van der Waals surface area contributed by atoms with Crippen molar-refractivity contribution in [3.63, 3.8) is 0 Å². The molecule has 0 radical (unpaired) electrons. The summed E-state index contributed by atoms with van der Waals surface area (Å²) in [5.74, 6) is 3.84. The minimum absolute atomic E-state index is 0.713. The van der Waals surface area contributed by atoms with Crippen LogP contribution in [0.5, 0.6) is 0 Å². The molecule has 0 amide bonds. The fourth-order valence-corrected chi connectivity index (χ4v) is 18.4. The summed E-state index contributed by atoms with van der Waals surface area (Å²) in [6.07, 6.45) is 49.4. The summed E-state index contributed by atoms with van der Waals surface area (Å²) in [5.41, 5.74) is 21.0. The van der Waals surface area contributed by atoms with Gasteiger partial charge in [0.2, 0.25) is 29.7 Å². The Labute approximate surface area is 916 Å². The van der Waals surface area contributed by atoms with Crippen molar-refractivity contribution in [1.82, 2.24) is 74.8 Å². The maximum Gasteiger partial charge on any atom is 0.223 e. The van der Waals surface area contributed by atoms with Gasteiger partial charge in [0.05, 0.1) is 27.6 Å². The highest BCUT2D eigenvalue weighted by atomic mass is 35.5. The van der Waals surface area contributed by atoms with Crippen molar-refractivity contribution in [3.8, 4) is 0 Å². The number of aryl methyl sites for hydroxylation is 10. The number of halogens is 5. The van der Waals surface area contributed by atoms with Crippen LogP contribution in [0.4, 0.5) is 58.2 Å². The number of unbranched alkanes of at least 4 members (excludes halogenated alkanes) is 20. The van der Waals surface area contributed by atoms with Crippen molar-refractivity contribution in [2.45, 2.75) is 294 Å². The average Bonchev–Trinajstić information content (AvgIpc) is 0.830. The molecule has 0 unspecified atom stereocenters. The second kappa shape index (κ2) is 68.0. The van der Waals surface area contributed by atoms with Crippen molar-refractivity contribution in [2.75, 3.05) is 119 Å². The van der Waals surface area contributed by atoms with Crippen LogP contribution in [0.2, 0.25) is 25.1 Å². The van der Waals surface area contributed by atoms with Gasteiger partial charge in [0.25, 0.3) is 0 Å². The highest BCUT2D eigenvalue weighted by Gasteiger charge is 2.15. The Morgan fingerprint density at radius 3 is 0.593 bits per heavy atom. The quantitative estimate of drug-likeness (QED) is 0.0158. The lowest BCUT2D eigenvalue weighted by atomic mass is 10.1. The Hall–Kier alpha value is -12.0. The summed E-state index contributed by atoms with van der Waals surface area (Å²) < 4.78 is 0. The first-order valence-electron chi connectivity index (χ1n) is 55.1. The average molecular weight is 2130 g/mol. The summed E-state index contributed by atoms with van der Waals surface area (Å²) in [6, 6.07) is 49.8. The molecule has 0 aliphatic carbocycles. The van der Waals surface area contributed by atoms with Gasteiger partial charge in [0.15, 0.2) is 0 Å². The van der Waals surface area contributed by atoms with Gasteiger partial charge in [-0.25, -0.2) is 49.8 Å². The van der Waals surface area contributed by atoms with Crippen LogP contribution in [-0.4, -0.2) is 140 Å². The molecular weight excluding hydrogens is 1970 g/mol. The number of hydrogen-bond acceptors (Lipinski definition) is 25. The van der Waals surface area contributed by atoms with Crippen LogP contribution in [0, 0.1) is 34.6 Å². The number of nitrogens with zero attached hydrogens (tertiary/aromatic N) is 15. The standard InChI is InChI=1S/C26H36ClN5.C25H34ClN5.C24H32ClN5.C23H30ClN5.C22H28ClN5/c1-3-4-5-6-9-16-30-26-31-20(2)18-22(32-26)11-8-7-10-15-28-24-14-17-29-25-19-21(27)12-13-23(24)25;1-3-4-5-8-15-29-25-30-19(2)17-21(31-25)10-7-6-9-14-27-23-13-16-28-24-18-20(26)11-12-22(23)24;1-3-4-7-14-28-24-29-18(2)16-20(30-24)9-6-5-8-13-26-22-12-15-27-23-17-19(25)10-11-21(22)23;1-3-4-12-27-23-28-17(2)15-19(29-23)8-6-5-7-13-25-21-11-14-26-22-16-18(24)9-10-20(21)22;1-3-11-26-22-27-16(2)14-18(28-22)7-5-4-6-12-24-20-10-13-25-21-15-17(23)8-9-19(20)21/h12-14,17-19H,3-11,15-16H2,1-2H3,(H,28,29)(H,30,31,32);11-13,16-18H,3-10,14-15H2,1-2H3,(H,27,28)(H,29,30,31);10-12,15-17H,3-9,13-14H2,1-2H3,(H,26,27)(H,28,29,30);9-11,14-16H,3-8,12-13H2,1-2H3,(H,25,26)(H,27,28,29);8-10,13-15H,3-7,11-12H2,1-2H3,(H,24,25)(H,26,27,28). The SMILES string of the molecule is CCCCCCCNc1nc(C)cc(CCCCCNc2ccnc3cc(Cl)ccc23)n1.CCCCCCNc1nc(C)cc(CCCCCNc2ccnc3cc(Cl)ccc23)n1.CCCCCNc1nc(C)cc(CCCCCNc2ccnc3cc(Cl)ccc23)n1.CCCCNc1nc(C)cc(CCCCCNc2ccnc3cc(Cl)ccc23)n1.CCCNc1nc(C)cc(CCCCCNc2ccnc3cc(Cl)ccc23)n1. The van der Waals surface area contributed by atoms with E-state index in [1.54, 1.807) is 0 Å². The molecular formula is C120H160Cl5N25. The Morgan fingerprint density at radius 1 is 0.180 bits per heavy atom. The van der Waals surface area contributed by atoms with Gasteiger partial charge < -0.3 is 53.2 Å². The Bertz CT molecular complexity index is 6520. The second-order valence-electron chi connectivity index (χ2n) is 38.6.